The van der Waals surface area contributed by atoms with Crippen molar-refractivity contribution in [3.63, 3.8) is 0 Å². The number of nitrogens with one attached hydrogen (secondary N) is 1. The van der Waals surface area contributed by atoms with E-state index in [9.17, 15) is 0 Å². The molecule has 0 rings (SSSR count). The SMILES string of the molecule is CN=C(NC)C(Br)C(C)(C)C. The van der Waals surface area contributed by atoms with E-state index in [-0.39, 0.29) is 5.41 Å². The van der Waals surface area contributed by atoms with E-state index >= 15 is 0 Å². The molecule has 0 aliphatic carbocycles. The molecule has 3 heteroatoms. The van der Waals surface area contributed by atoms with Gasteiger partial charge in [0.1, 0.15) is 5.84 Å². The Bertz CT molecular complexity index is 147. The van der Waals surface area contributed by atoms with Gasteiger partial charge in [-0.2, -0.15) is 0 Å². The van der Waals surface area contributed by atoms with Gasteiger partial charge in [-0.15, -0.1) is 0 Å². The maximum Gasteiger partial charge on any atom is 0.110 e. The molecule has 66 valence electrons. The van der Waals surface area contributed by atoms with Crippen LogP contribution in [0.25, 0.3) is 0 Å². The molecule has 0 saturated carbocycles. The van der Waals surface area contributed by atoms with Crippen LogP contribution in [0.1, 0.15) is 20.8 Å². The number of hydrogen-bond donors (Lipinski definition) is 1. The number of halogens is 1. The summed E-state index contributed by atoms with van der Waals surface area (Å²) in [4.78, 5) is 4.43. The molecule has 0 aliphatic rings. The fourth-order valence-corrected chi connectivity index (χ4v) is 1.20. The van der Waals surface area contributed by atoms with Crippen LogP contribution in [0.15, 0.2) is 4.99 Å². The first-order valence-corrected chi connectivity index (χ1v) is 4.63. The molecule has 0 aromatic rings. The van der Waals surface area contributed by atoms with Crippen LogP contribution in [0, 0.1) is 5.41 Å². The van der Waals surface area contributed by atoms with Gasteiger partial charge in [0.05, 0.1) is 4.83 Å². The highest BCUT2D eigenvalue weighted by molar-refractivity contribution is 9.10. The van der Waals surface area contributed by atoms with Crippen LogP contribution in [0.3, 0.4) is 0 Å². The molecule has 0 fully saturated rings. The van der Waals surface area contributed by atoms with E-state index in [1.54, 1.807) is 7.05 Å². The largest absolute Gasteiger partial charge is 0.376 e. The van der Waals surface area contributed by atoms with Crippen molar-refractivity contribution < 1.29 is 0 Å². The van der Waals surface area contributed by atoms with Gasteiger partial charge in [-0.1, -0.05) is 36.7 Å². The highest BCUT2D eigenvalue weighted by Gasteiger charge is 2.25. The molecule has 2 nitrogen and oxygen atoms in total. The molecule has 0 radical (unpaired) electrons. The maximum atomic E-state index is 4.13. The Labute approximate surface area is 77.6 Å². The first-order valence-electron chi connectivity index (χ1n) is 3.72. The van der Waals surface area contributed by atoms with E-state index in [4.69, 9.17) is 0 Å². The minimum atomic E-state index is 0.206. The second-order valence-electron chi connectivity index (χ2n) is 3.59. The molecule has 0 aromatic carbocycles. The minimum absolute atomic E-state index is 0.206. The van der Waals surface area contributed by atoms with Crippen LogP contribution in [0.4, 0.5) is 0 Å². The first-order chi connectivity index (χ1) is 4.93. The van der Waals surface area contributed by atoms with Crippen LogP contribution in [0.2, 0.25) is 0 Å². The zero-order valence-electron chi connectivity index (χ0n) is 7.90. The maximum absolute atomic E-state index is 4.13. The minimum Gasteiger partial charge on any atom is -0.376 e. The topological polar surface area (TPSA) is 24.4 Å². The molecule has 1 unspecified atom stereocenters. The Balaban J connectivity index is 4.34. The summed E-state index contributed by atoms with van der Waals surface area (Å²) in [6, 6.07) is 0. The number of nitrogens with zero attached hydrogens (tertiary/aromatic N) is 1. The normalized spacial score (nSPS) is 16.4. The predicted molar refractivity (Wildman–Crippen MR) is 54.6 cm³/mol. The summed E-state index contributed by atoms with van der Waals surface area (Å²) in [5.74, 6) is 0.998. The highest BCUT2D eigenvalue weighted by Crippen LogP contribution is 2.26. The number of alkyl halides is 1. The monoisotopic (exact) mass is 220 g/mol. The van der Waals surface area contributed by atoms with Crippen molar-refractivity contribution in [2.24, 2.45) is 10.4 Å². The Morgan fingerprint density at radius 3 is 2.00 bits per heavy atom. The van der Waals surface area contributed by atoms with Crippen LogP contribution in [0.5, 0.6) is 0 Å². The quantitative estimate of drug-likeness (QED) is 0.409. The van der Waals surface area contributed by atoms with Crippen molar-refractivity contribution in [2.75, 3.05) is 14.1 Å². The zero-order chi connectivity index (χ0) is 9.07. The number of hydrogen-bond acceptors (Lipinski definition) is 1. The van der Waals surface area contributed by atoms with Crippen molar-refractivity contribution in [2.45, 2.75) is 25.6 Å². The van der Waals surface area contributed by atoms with E-state index in [1.807, 2.05) is 7.05 Å². The summed E-state index contributed by atoms with van der Waals surface area (Å²) < 4.78 is 0. The van der Waals surface area contributed by atoms with E-state index < -0.39 is 0 Å². The third-order valence-corrected chi connectivity index (χ3v) is 3.30. The lowest BCUT2D eigenvalue weighted by molar-refractivity contribution is 0.446. The number of rotatable bonds is 1. The number of aliphatic imine (C=N–C) groups is 1. The van der Waals surface area contributed by atoms with Crippen molar-refractivity contribution in [1.29, 1.82) is 0 Å². The molecular formula is C8H17BrN2. The van der Waals surface area contributed by atoms with Gasteiger partial charge in [0.15, 0.2) is 0 Å². The summed E-state index contributed by atoms with van der Waals surface area (Å²) in [5.41, 5.74) is 0.206. The molecule has 0 amide bonds. The molecule has 0 bridgehead atoms. The van der Waals surface area contributed by atoms with Gasteiger partial charge in [0.2, 0.25) is 0 Å². The first kappa shape index (κ1) is 11.0. The van der Waals surface area contributed by atoms with Gasteiger partial charge < -0.3 is 5.32 Å². The van der Waals surface area contributed by atoms with Gasteiger partial charge in [-0.05, 0) is 5.41 Å². The predicted octanol–water partition coefficient (Wildman–Crippen LogP) is 2.04. The van der Waals surface area contributed by atoms with Gasteiger partial charge in [0, 0.05) is 14.1 Å². The van der Waals surface area contributed by atoms with Crippen molar-refractivity contribution >= 4 is 21.8 Å². The van der Waals surface area contributed by atoms with Gasteiger partial charge in [-0.3, -0.25) is 4.99 Å². The summed E-state index contributed by atoms with van der Waals surface area (Å²) in [7, 11) is 3.69. The molecular weight excluding hydrogens is 204 g/mol. The van der Waals surface area contributed by atoms with Crippen LogP contribution in [-0.2, 0) is 0 Å². The smallest absolute Gasteiger partial charge is 0.110 e. The molecule has 11 heavy (non-hydrogen) atoms. The van der Waals surface area contributed by atoms with Gasteiger partial charge >= 0.3 is 0 Å². The third kappa shape index (κ3) is 3.23. The Hall–Kier alpha value is -0.0500. The van der Waals surface area contributed by atoms with E-state index in [0.29, 0.717) is 4.83 Å². The fraction of sp³-hybridized carbons (Fsp3) is 0.875. The average molecular weight is 221 g/mol. The van der Waals surface area contributed by atoms with E-state index in [0.717, 1.165) is 5.84 Å². The van der Waals surface area contributed by atoms with Crippen LogP contribution >= 0.6 is 15.9 Å². The lowest BCUT2D eigenvalue weighted by atomic mass is 9.91. The summed E-state index contributed by atoms with van der Waals surface area (Å²) >= 11 is 3.59. The average Bonchev–Trinajstić information content (AvgIpc) is 1.88. The van der Waals surface area contributed by atoms with Crippen LogP contribution in [-0.4, -0.2) is 24.8 Å². The van der Waals surface area contributed by atoms with Crippen molar-refractivity contribution in [1.82, 2.24) is 5.32 Å². The standard InChI is InChI=1S/C8H17BrN2/c1-8(2,3)6(9)7(10-4)11-5/h6H,1-5H3,(H,10,11). The summed E-state index contributed by atoms with van der Waals surface area (Å²) in [6.07, 6.45) is 0. The van der Waals surface area contributed by atoms with Gasteiger partial charge in [-0.25, -0.2) is 0 Å². The molecule has 1 atom stereocenters. The third-order valence-electron chi connectivity index (χ3n) is 1.50. The van der Waals surface area contributed by atoms with Gasteiger partial charge in [0.25, 0.3) is 0 Å². The van der Waals surface area contributed by atoms with Crippen molar-refractivity contribution in [3.05, 3.63) is 0 Å². The molecule has 0 aromatic heterocycles. The molecule has 0 spiro atoms. The summed E-state index contributed by atoms with van der Waals surface area (Å²) in [5, 5.41) is 3.06. The second-order valence-corrected chi connectivity index (χ2v) is 4.50. The molecule has 0 saturated heterocycles. The second kappa shape index (κ2) is 4.10. The molecule has 0 heterocycles. The van der Waals surface area contributed by atoms with E-state index in [1.165, 1.54) is 0 Å². The Morgan fingerprint density at radius 2 is 1.91 bits per heavy atom. The van der Waals surface area contributed by atoms with Crippen molar-refractivity contribution in [3.8, 4) is 0 Å². The lowest BCUT2D eigenvalue weighted by Crippen LogP contribution is -2.36. The van der Waals surface area contributed by atoms with E-state index in [2.05, 4.69) is 47.0 Å². The number of amidine groups is 1. The fourth-order valence-electron chi connectivity index (χ4n) is 0.762. The lowest BCUT2D eigenvalue weighted by Gasteiger charge is -2.26. The molecule has 0 aliphatic heterocycles. The van der Waals surface area contributed by atoms with Crippen LogP contribution < -0.4 is 5.32 Å². The summed E-state index contributed by atoms with van der Waals surface area (Å²) in [6.45, 7) is 6.53. The zero-order valence-corrected chi connectivity index (χ0v) is 9.49. The highest BCUT2D eigenvalue weighted by atomic mass is 79.9. The Morgan fingerprint density at radius 1 is 1.45 bits per heavy atom. The molecule has 1 N–H and O–H groups in total. The Kier molecular flexibility index (Phi) is 4.08.